The van der Waals surface area contributed by atoms with Crippen LogP contribution in [0.15, 0.2) is 0 Å². The smallest absolute Gasteiger partial charge is 0.0121 e. The van der Waals surface area contributed by atoms with Crippen LogP contribution in [0.1, 0.15) is 38.5 Å². The Balaban J connectivity index is 1.10. The SMILES string of the molecule is CN1CCC(CN2CCC(CN3CCN(C4CCN(C)CC4)CC3)CC2)CC1. The predicted octanol–water partition coefficient (Wildman–Crippen LogP) is 1.75. The lowest BCUT2D eigenvalue weighted by atomic mass is 9.92. The minimum Gasteiger partial charge on any atom is -0.306 e. The highest BCUT2D eigenvalue weighted by atomic mass is 15.3. The molecule has 4 aliphatic rings. The Morgan fingerprint density at radius 1 is 0.500 bits per heavy atom. The summed E-state index contributed by atoms with van der Waals surface area (Å²) in [5.41, 5.74) is 0. The van der Waals surface area contributed by atoms with Crippen LogP contribution in [0.25, 0.3) is 0 Å². The van der Waals surface area contributed by atoms with E-state index in [4.69, 9.17) is 0 Å². The third-order valence-corrected chi connectivity index (χ3v) is 8.19. The third kappa shape index (κ3) is 5.91. The average Bonchev–Trinajstić information content (AvgIpc) is 2.72. The molecule has 4 rings (SSSR count). The van der Waals surface area contributed by atoms with E-state index < -0.39 is 0 Å². The first kappa shape index (κ1) is 21.0. The van der Waals surface area contributed by atoms with E-state index in [-0.39, 0.29) is 0 Å². The molecule has 0 spiro atoms. The lowest BCUT2D eigenvalue weighted by molar-refractivity contribution is 0.0494. The average molecular weight is 392 g/mol. The van der Waals surface area contributed by atoms with Crippen LogP contribution in [-0.4, -0.2) is 123 Å². The molecule has 4 fully saturated rings. The summed E-state index contributed by atoms with van der Waals surface area (Å²) >= 11 is 0. The van der Waals surface area contributed by atoms with Gasteiger partial charge in [-0.1, -0.05) is 0 Å². The largest absolute Gasteiger partial charge is 0.306 e. The highest BCUT2D eigenvalue weighted by Gasteiger charge is 2.29. The lowest BCUT2D eigenvalue weighted by Gasteiger charge is -2.43. The fraction of sp³-hybridized carbons (Fsp3) is 1.00. The Hall–Kier alpha value is -0.200. The van der Waals surface area contributed by atoms with E-state index >= 15 is 0 Å². The number of hydrogen-bond acceptors (Lipinski definition) is 5. The molecule has 4 heterocycles. The highest BCUT2D eigenvalue weighted by molar-refractivity contribution is 4.84. The van der Waals surface area contributed by atoms with Gasteiger partial charge in [-0.3, -0.25) is 4.90 Å². The van der Waals surface area contributed by atoms with Crippen LogP contribution in [0.3, 0.4) is 0 Å². The van der Waals surface area contributed by atoms with Gasteiger partial charge in [-0.25, -0.2) is 0 Å². The van der Waals surface area contributed by atoms with Crippen LogP contribution < -0.4 is 0 Å². The molecule has 0 aromatic carbocycles. The summed E-state index contributed by atoms with van der Waals surface area (Å²) in [5, 5.41) is 0. The summed E-state index contributed by atoms with van der Waals surface area (Å²) in [7, 11) is 4.54. The van der Waals surface area contributed by atoms with E-state index in [0.717, 1.165) is 17.9 Å². The molecule has 0 aromatic heterocycles. The van der Waals surface area contributed by atoms with E-state index in [1.165, 1.54) is 117 Å². The predicted molar refractivity (Wildman–Crippen MR) is 118 cm³/mol. The van der Waals surface area contributed by atoms with Crippen molar-refractivity contribution in [3.8, 4) is 0 Å². The first-order chi connectivity index (χ1) is 13.7. The minimum absolute atomic E-state index is 0.862. The van der Waals surface area contributed by atoms with Crippen LogP contribution in [-0.2, 0) is 0 Å². The van der Waals surface area contributed by atoms with Gasteiger partial charge in [0.2, 0.25) is 0 Å². The minimum atomic E-state index is 0.862. The van der Waals surface area contributed by atoms with Crippen LogP contribution in [0.4, 0.5) is 0 Å². The number of piperidine rings is 3. The number of likely N-dealkylation sites (tertiary alicyclic amines) is 3. The maximum Gasteiger partial charge on any atom is 0.0121 e. The Kier molecular flexibility index (Phi) is 7.67. The number of nitrogens with zero attached hydrogens (tertiary/aromatic N) is 5. The Labute approximate surface area is 174 Å². The summed E-state index contributed by atoms with van der Waals surface area (Å²) < 4.78 is 0. The van der Waals surface area contributed by atoms with Gasteiger partial charge in [0.1, 0.15) is 0 Å². The van der Waals surface area contributed by atoms with Crippen molar-refractivity contribution in [2.75, 3.05) is 92.6 Å². The molecule has 0 amide bonds. The van der Waals surface area contributed by atoms with Gasteiger partial charge in [-0.2, -0.15) is 0 Å². The quantitative estimate of drug-likeness (QED) is 0.708. The summed E-state index contributed by atoms with van der Waals surface area (Å²) in [6.07, 6.45) is 8.46. The van der Waals surface area contributed by atoms with Crippen LogP contribution >= 0.6 is 0 Å². The van der Waals surface area contributed by atoms with Gasteiger partial charge in [-0.15, -0.1) is 0 Å². The fourth-order valence-corrected chi connectivity index (χ4v) is 6.00. The van der Waals surface area contributed by atoms with Gasteiger partial charge >= 0.3 is 0 Å². The molecule has 5 heteroatoms. The molecule has 4 aliphatic heterocycles. The molecule has 162 valence electrons. The zero-order chi connectivity index (χ0) is 19.3. The monoisotopic (exact) mass is 391 g/mol. The molecule has 0 unspecified atom stereocenters. The number of piperazine rings is 1. The van der Waals surface area contributed by atoms with Crippen molar-refractivity contribution >= 4 is 0 Å². The van der Waals surface area contributed by atoms with E-state index in [0.29, 0.717) is 0 Å². The van der Waals surface area contributed by atoms with Crippen molar-refractivity contribution in [3.63, 3.8) is 0 Å². The van der Waals surface area contributed by atoms with Crippen molar-refractivity contribution in [1.82, 2.24) is 24.5 Å². The van der Waals surface area contributed by atoms with Gasteiger partial charge in [-0.05, 0) is 104 Å². The standard InChI is InChI=1S/C23H45N5/c1-24-9-3-21(4-10-24)19-26-13-5-22(6-14-26)20-27-15-17-28(18-16-27)23-7-11-25(2)12-8-23/h21-23H,3-20H2,1-2H3. The first-order valence-corrected chi connectivity index (χ1v) is 12.2. The second-order valence-corrected chi connectivity index (χ2v) is 10.4. The Morgan fingerprint density at radius 2 is 0.929 bits per heavy atom. The van der Waals surface area contributed by atoms with Gasteiger partial charge in [0.25, 0.3) is 0 Å². The molecular formula is C23H45N5. The van der Waals surface area contributed by atoms with Crippen molar-refractivity contribution in [2.45, 2.75) is 44.6 Å². The second kappa shape index (κ2) is 10.2. The van der Waals surface area contributed by atoms with Gasteiger partial charge in [0, 0.05) is 45.3 Å². The second-order valence-electron chi connectivity index (χ2n) is 10.4. The summed E-state index contributed by atoms with van der Waals surface area (Å²) in [6.45, 7) is 15.9. The zero-order valence-electron chi connectivity index (χ0n) is 18.7. The van der Waals surface area contributed by atoms with Crippen molar-refractivity contribution in [1.29, 1.82) is 0 Å². The number of rotatable bonds is 5. The number of hydrogen-bond donors (Lipinski definition) is 0. The van der Waals surface area contributed by atoms with Gasteiger partial charge < -0.3 is 19.6 Å². The zero-order valence-corrected chi connectivity index (χ0v) is 18.7. The molecule has 0 saturated carbocycles. The third-order valence-electron chi connectivity index (χ3n) is 8.19. The molecule has 0 radical (unpaired) electrons. The lowest BCUT2D eigenvalue weighted by Crippen LogP contribution is -2.53. The van der Waals surface area contributed by atoms with E-state index in [1.54, 1.807) is 0 Å². The summed E-state index contributed by atoms with van der Waals surface area (Å²) in [4.78, 5) is 13.3. The van der Waals surface area contributed by atoms with Crippen molar-refractivity contribution in [3.05, 3.63) is 0 Å². The molecule has 0 bridgehead atoms. The topological polar surface area (TPSA) is 16.2 Å². The van der Waals surface area contributed by atoms with Crippen molar-refractivity contribution < 1.29 is 0 Å². The molecule has 5 nitrogen and oxygen atoms in total. The van der Waals surface area contributed by atoms with Gasteiger partial charge in [0.05, 0.1) is 0 Å². The molecule has 0 aromatic rings. The molecule has 0 N–H and O–H groups in total. The van der Waals surface area contributed by atoms with Gasteiger partial charge in [0.15, 0.2) is 0 Å². The highest BCUT2D eigenvalue weighted by Crippen LogP contribution is 2.24. The normalized spacial score (nSPS) is 30.2. The van der Waals surface area contributed by atoms with E-state index in [1.807, 2.05) is 0 Å². The first-order valence-electron chi connectivity index (χ1n) is 12.2. The Bertz CT molecular complexity index is 440. The van der Waals surface area contributed by atoms with Crippen LogP contribution in [0.2, 0.25) is 0 Å². The van der Waals surface area contributed by atoms with Crippen molar-refractivity contribution in [2.24, 2.45) is 11.8 Å². The van der Waals surface area contributed by atoms with E-state index in [2.05, 4.69) is 38.6 Å². The molecule has 28 heavy (non-hydrogen) atoms. The van der Waals surface area contributed by atoms with E-state index in [9.17, 15) is 0 Å². The summed E-state index contributed by atoms with van der Waals surface area (Å²) in [6, 6.07) is 0.862. The molecule has 0 aliphatic carbocycles. The van der Waals surface area contributed by atoms with Crippen LogP contribution in [0.5, 0.6) is 0 Å². The maximum absolute atomic E-state index is 2.80. The molecule has 0 atom stereocenters. The maximum atomic E-state index is 2.80. The molecule has 4 saturated heterocycles. The summed E-state index contributed by atoms with van der Waals surface area (Å²) in [5.74, 6) is 1.91. The van der Waals surface area contributed by atoms with Crippen LogP contribution in [0, 0.1) is 11.8 Å². The fourth-order valence-electron chi connectivity index (χ4n) is 6.00. The molecular weight excluding hydrogens is 346 g/mol. The Morgan fingerprint density at radius 3 is 1.46 bits per heavy atom.